The van der Waals surface area contributed by atoms with Crippen molar-refractivity contribution in [1.82, 2.24) is 9.36 Å². The fourth-order valence-electron chi connectivity index (χ4n) is 2.88. The average molecular weight is 302 g/mol. The third kappa shape index (κ3) is 3.33. The van der Waals surface area contributed by atoms with Gasteiger partial charge in [0.15, 0.2) is 0 Å². The lowest BCUT2D eigenvalue weighted by molar-refractivity contribution is 0.161. The predicted molar refractivity (Wildman–Crippen MR) is 89.5 cm³/mol. The molecular weight excluding hydrogens is 276 g/mol. The van der Waals surface area contributed by atoms with Gasteiger partial charge in [-0.3, -0.25) is 9.48 Å². The number of rotatable bonds is 7. The smallest absolute Gasteiger partial charge is 0.277 e. The molecule has 22 heavy (non-hydrogen) atoms. The van der Waals surface area contributed by atoms with Gasteiger partial charge in [-0.15, -0.1) is 0 Å². The molecule has 4 nitrogen and oxygen atoms in total. The first kappa shape index (κ1) is 16.6. The fraction of sp³-hybridized carbons (Fsp3) is 0.500. The minimum absolute atomic E-state index is 0.116. The van der Waals surface area contributed by atoms with Crippen LogP contribution in [0.3, 0.4) is 0 Å². The highest BCUT2D eigenvalue weighted by Crippen LogP contribution is 2.21. The normalized spacial score (nSPS) is 12.5. The van der Waals surface area contributed by atoms with Gasteiger partial charge in [0, 0.05) is 12.7 Å². The second-order valence-electron chi connectivity index (χ2n) is 5.84. The highest BCUT2D eigenvalue weighted by molar-refractivity contribution is 5.34. The lowest BCUT2D eigenvalue weighted by Crippen LogP contribution is -2.22. The Morgan fingerprint density at radius 2 is 1.82 bits per heavy atom. The van der Waals surface area contributed by atoms with Crippen LogP contribution in [-0.2, 0) is 7.05 Å². The highest BCUT2D eigenvalue weighted by atomic mass is 16.3. The van der Waals surface area contributed by atoms with Gasteiger partial charge in [-0.1, -0.05) is 50.8 Å². The average Bonchev–Trinajstić information content (AvgIpc) is 2.74. The molecule has 0 bridgehead atoms. The molecule has 0 aliphatic carbocycles. The maximum Gasteiger partial charge on any atom is 0.277 e. The van der Waals surface area contributed by atoms with E-state index in [9.17, 15) is 9.90 Å². The summed E-state index contributed by atoms with van der Waals surface area (Å²) in [6, 6.07) is 9.54. The van der Waals surface area contributed by atoms with E-state index in [2.05, 4.69) is 6.92 Å². The Bertz CT molecular complexity index is 656. The van der Waals surface area contributed by atoms with E-state index in [1.54, 1.807) is 4.68 Å². The van der Waals surface area contributed by atoms with Gasteiger partial charge in [-0.25, -0.2) is 4.68 Å². The third-order valence-corrected chi connectivity index (χ3v) is 4.26. The number of benzene rings is 1. The third-order valence-electron chi connectivity index (χ3n) is 4.26. The number of hydrogen-bond acceptors (Lipinski definition) is 2. The molecule has 1 heterocycles. The van der Waals surface area contributed by atoms with Gasteiger partial charge in [0.1, 0.15) is 0 Å². The van der Waals surface area contributed by atoms with Crippen molar-refractivity contribution >= 4 is 0 Å². The Kier molecular flexibility index (Phi) is 5.61. The van der Waals surface area contributed by atoms with E-state index >= 15 is 0 Å². The zero-order valence-electron chi connectivity index (χ0n) is 13.7. The van der Waals surface area contributed by atoms with Gasteiger partial charge >= 0.3 is 0 Å². The van der Waals surface area contributed by atoms with Crippen molar-refractivity contribution in [1.29, 1.82) is 0 Å². The maximum atomic E-state index is 12.7. The molecule has 1 N–H and O–H groups in total. The largest absolute Gasteiger partial charge is 0.388 e. The molecule has 0 fully saturated rings. The van der Waals surface area contributed by atoms with Crippen molar-refractivity contribution in [2.24, 2.45) is 7.05 Å². The van der Waals surface area contributed by atoms with Crippen LogP contribution in [-0.4, -0.2) is 14.5 Å². The minimum atomic E-state index is -0.680. The quantitative estimate of drug-likeness (QED) is 0.796. The van der Waals surface area contributed by atoms with Crippen LogP contribution in [0.4, 0.5) is 0 Å². The lowest BCUT2D eigenvalue weighted by Gasteiger charge is -2.09. The standard InChI is InChI=1S/C18H26N2O2/c1-4-5-6-10-13-16(21)17-14(2)19(3)20(18(17)22)15-11-8-7-9-12-15/h7-9,11-12,16,21H,4-6,10,13H2,1-3H3. The Labute approximate surface area is 132 Å². The first-order chi connectivity index (χ1) is 10.6. The molecule has 0 aliphatic heterocycles. The van der Waals surface area contributed by atoms with E-state index in [0.29, 0.717) is 12.0 Å². The number of para-hydroxylation sites is 1. The summed E-state index contributed by atoms with van der Waals surface area (Å²) >= 11 is 0. The molecule has 0 saturated carbocycles. The van der Waals surface area contributed by atoms with Crippen LogP contribution in [0, 0.1) is 6.92 Å². The van der Waals surface area contributed by atoms with E-state index < -0.39 is 6.10 Å². The van der Waals surface area contributed by atoms with Gasteiger partial charge < -0.3 is 5.11 Å². The summed E-state index contributed by atoms with van der Waals surface area (Å²) in [6.07, 6.45) is 4.37. The molecule has 4 heteroatoms. The van der Waals surface area contributed by atoms with Crippen molar-refractivity contribution in [3.63, 3.8) is 0 Å². The Balaban J connectivity index is 2.28. The Hall–Kier alpha value is -1.81. The molecule has 1 aromatic heterocycles. The molecule has 0 saturated heterocycles. The van der Waals surface area contributed by atoms with Crippen molar-refractivity contribution in [3.8, 4) is 5.69 Å². The second kappa shape index (κ2) is 7.45. The van der Waals surface area contributed by atoms with E-state index in [-0.39, 0.29) is 5.56 Å². The van der Waals surface area contributed by atoms with Gasteiger partial charge in [-0.2, -0.15) is 0 Å². The van der Waals surface area contributed by atoms with Crippen molar-refractivity contribution in [2.75, 3.05) is 0 Å². The number of aliphatic hydroxyl groups excluding tert-OH is 1. The summed E-state index contributed by atoms with van der Waals surface area (Å²) in [5.74, 6) is 0. The zero-order valence-corrected chi connectivity index (χ0v) is 13.7. The summed E-state index contributed by atoms with van der Waals surface area (Å²) in [5, 5.41) is 10.4. The lowest BCUT2D eigenvalue weighted by atomic mass is 10.0. The van der Waals surface area contributed by atoms with Crippen molar-refractivity contribution in [2.45, 2.75) is 52.1 Å². The SMILES string of the molecule is CCCCCCC(O)c1c(C)n(C)n(-c2ccccc2)c1=O. The van der Waals surface area contributed by atoms with Crippen LogP contribution < -0.4 is 5.56 Å². The van der Waals surface area contributed by atoms with E-state index in [1.165, 1.54) is 12.8 Å². The topological polar surface area (TPSA) is 47.2 Å². The molecular formula is C18H26N2O2. The molecule has 0 amide bonds. The fourth-order valence-corrected chi connectivity index (χ4v) is 2.88. The second-order valence-corrected chi connectivity index (χ2v) is 5.84. The van der Waals surface area contributed by atoms with Crippen LogP contribution in [0.1, 0.15) is 56.4 Å². The minimum Gasteiger partial charge on any atom is -0.388 e. The van der Waals surface area contributed by atoms with Crippen molar-refractivity contribution in [3.05, 3.63) is 51.9 Å². The number of aliphatic hydroxyl groups is 1. The Morgan fingerprint density at radius 1 is 1.14 bits per heavy atom. The van der Waals surface area contributed by atoms with E-state index in [4.69, 9.17) is 0 Å². The van der Waals surface area contributed by atoms with E-state index in [0.717, 1.165) is 24.2 Å². The number of aromatic nitrogens is 2. The Morgan fingerprint density at radius 3 is 2.45 bits per heavy atom. The van der Waals surface area contributed by atoms with Crippen LogP contribution >= 0.6 is 0 Å². The molecule has 1 unspecified atom stereocenters. The van der Waals surface area contributed by atoms with Crippen molar-refractivity contribution < 1.29 is 5.11 Å². The van der Waals surface area contributed by atoms with Gasteiger partial charge in [0.2, 0.25) is 0 Å². The summed E-state index contributed by atoms with van der Waals surface area (Å²) in [6.45, 7) is 4.06. The summed E-state index contributed by atoms with van der Waals surface area (Å²) < 4.78 is 3.45. The monoisotopic (exact) mass is 302 g/mol. The van der Waals surface area contributed by atoms with Gasteiger partial charge in [-0.05, 0) is 25.5 Å². The molecule has 2 aromatic rings. The predicted octanol–water partition coefficient (Wildman–Crippen LogP) is 3.49. The molecule has 0 aliphatic rings. The molecule has 0 spiro atoms. The molecule has 120 valence electrons. The molecule has 0 radical (unpaired) electrons. The summed E-state index contributed by atoms with van der Waals surface area (Å²) in [4.78, 5) is 12.7. The summed E-state index contributed by atoms with van der Waals surface area (Å²) in [7, 11) is 1.86. The van der Waals surface area contributed by atoms with Gasteiger partial charge in [0.05, 0.1) is 17.4 Å². The van der Waals surface area contributed by atoms with Crippen LogP contribution in [0.5, 0.6) is 0 Å². The van der Waals surface area contributed by atoms with Gasteiger partial charge in [0.25, 0.3) is 5.56 Å². The summed E-state index contributed by atoms with van der Waals surface area (Å²) in [5.41, 5.74) is 2.07. The van der Waals surface area contributed by atoms with Crippen LogP contribution in [0.15, 0.2) is 35.1 Å². The molecule has 2 rings (SSSR count). The number of unbranched alkanes of at least 4 members (excludes halogenated alkanes) is 3. The molecule has 1 atom stereocenters. The highest BCUT2D eigenvalue weighted by Gasteiger charge is 2.21. The maximum absolute atomic E-state index is 12.7. The zero-order chi connectivity index (χ0) is 16.1. The van der Waals surface area contributed by atoms with Crippen LogP contribution in [0.25, 0.3) is 5.69 Å². The van der Waals surface area contributed by atoms with E-state index in [1.807, 2.05) is 49.0 Å². The first-order valence-corrected chi connectivity index (χ1v) is 8.10. The first-order valence-electron chi connectivity index (χ1n) is 8.10. The number of hydrogen-bond donors (Lipinski definition) is 1. The molecule has 1 aromatic carbocycles. The van der Waals surface area contributed by atoms with Crippen LogP contribution in [0.2, 0.25) is 0 Å². The number of nitrogens with zero attached hydrogens (tertiary/aromatic N) is 2.